The van der Waals surface area contributed by atoms with Crippen molar-refractivity contribution in [2.24, 2.45) is 0 Å². The summed E-state index contributed by atoms with van der Waals surface area (Å²) in [6.07, 6.45) is 11.5. The van der Waals surface area contributed by atoms with E-state index in [1.807, 2.05) is 13.8 Å². The van der Waals surface area contributed by atoms with Crippen molar-refractivity contribution in [1.29, 1.82) is 0 Å². The minimum absolute atomic E-state index is 0.266. The Morgan fingerprint density at radius 2 is 2.08 bits per heavy atom. The Hall–Kier alpha value is -0.780. The van der Waals surface area contributed by atoms with E-state index < -0.39 is 0 Å². The van der Waals surface area contributed by atoms with Crippen molar-refractivity contribution in [3.8, 4) is 12.8 Å². The lowest BCUT2D eigenvalue weighted by Crippen LogP contribution is -2.32. The molecule has 1 aliphatic heterocycles. The molecule has 2 heteroatoms. The minimum Gasteiger partial charge on any atom is -0.387 e. The average molecular weight is 183 g/mol. The Morgan fingerprint density at radius 3 is 2.38 bits per heavy atom. The summed E-state index contributed by atoms with van der Waals surface area (Å²) >= 11 is 0. The Morgan fingerprint density at radius 1 is 1.54 bits per heavy atom. The molecule has 0 saturated carbocycles. The van der Waals surface area contributed by atoms with Gasteiger partial charge in [0, 0.05) is 6.04 Å². The number of hydrogen-bond donors (Lipinski definition) is 2. The second kappa shape index (κ2) is 11.2. The Bertz CT molecular complexity index is 125. The highest BCUT2D eigenvalue weighted by Crippen LogP contribution is 2.08. The zero-order valence-corrected chi connectivity index (χ0v) is 8.66. The quantitative estimate of drug-likeness (QED) is 0.503. The van der Waals surface area contributed by atoms with E-state index in [1.54, 1.807) is 6.08 Å². The monoisotopic (exact) mass is 183 g/mol. The van der Waals surface area contributed by atoms with E-state index in [4.69, 9.17) is 0 Å². The normalized spacial score (nSPS) is 21.5. The van der Waals surface area contributed by atoms with Gasteiger partial charge in [0.2, 0.25) is 0 Å². The van der Waals surface area contributed by atoms with Gasteiger partial charge in [0.15, 0.2) is 0 Å². The molecule has 1 saturated heterocycles. The van der Waals surface area contributed by atoms with Gasteiger partial charge in [-0.15, -0.1) is 19.4 Å². The summed E-state index contributed by atoms with van der Waals surface area (Å²) < 4.78 is 0. The SMILES string of the molecule is C#C.C=CC(O)C1CCCN1.CC. The number of rotatable bonds is 2. The standard InChI is InChI=1S/C7H13NO.C2H6.C2H2/c1-2-7(9)6-4-3-5-8-6;2*1-2/h2,6-9H,1,3-5H2;1-2H3;1-2H. The fourth-order valence-corrected chi connectivity index (χ4v) is 1.17. The summed E-state index contributed by atoms with van der Waals surface area (Å²) in [7, 11) is 0. The van der Waals surface area contributed by atoms with Crippen molar-refractivity contribution in [3.05, 3.63) is 12.7 Å². The van der Waals surface area contributed by atoms with Gasteiger partial charge >= 0.3 is 0 Å². The molecule has 0 bridgehead atoms. The molecule has 0 aromatic rings. The molecular weight excluding hydrogens is 162 g/mol. The second-order valence-electron chi connectivity index (χ2n) is 2.43. The van der Waals surface area contributed by atoms with Crippen LogP contribution in [0.4, 0.5) is 0 Å². The maximum absolute atomic E-state index is 9.18. The van der Waals surface area contributed by atoms with Crippen LogP contribution in [0.2, 0.25) is 0 Å². The molecule has 1 aliphatic rings. The largest absolute Gasteiger partial charge is 0.387 e. The first-order valence-electron chi connectivity index (χ1n) is 4.72. The Kier molecular flexibility index (Phi) is 12.7. The van der Waals surface area contributed by atoms with Crippen LogP contribution in [-0.4, -0.2) is 23.8 Å². The average Bonchev–Trinajstić information content (AvgIpc) is 2.76. The van der Waals surface area contributed by atoms with E-state index in [0.717, 1.165) is 13.0 Å². The van der Waals surface area contributed by atoms with Crippen molar-refractivity contribution in [2.75, 3.05) is 6.54 Å². The first kappa shape index (κ1) is 14.7. The van der Waals surface area contributed by atoms with E-state index >= 15 is 0 Å². The van der Waals surface area contributed by atoms with Crippen molar-refractivity contribution in [1.82, 2.24) is 5.32 Å². The van der Waals surface area contributed by atoms with Crippen LogP contribution in [0, 0.1) is 12.8 Å². The molecule has 2 N–H and O–H groups in total. The molecule has 0 radical (unpaired) electrons. The molecule has 0 amide bonds. The van der Waals surface area contributed by atoms with Gasteiger partial charge < -0.3 is 10.4 Å². The third kappa shape index (κ3) is 6.39. The third-order valence-electron chi connectivity index (χ3n) is 1.75. The molecule has 0 aliphatic carbocycles. The zero-order chi connectivity index (χ0) is 10.7. The van der Waals surface area contributed by atoms with E-state index in [-0.39, 0.29) is 12.1 Å². The van der Waals surface area contributed by atoms with Crippen molar-refractivity contribution in [2.45, 2.75) is 38.8 Å². The summed E-state index contributed by atoms with van der Waals surface area (Å²) in [5.74, 6) is 0. The van der Waals surface area contributed by atoms with Crippen LogP contribution in [0.1, 0.15) is 26.7 Å². The van der Waals surface area contributed by atoms with E-state index in [2.05, 4.69) is 24.7 Å². The van der Waals surface area contributed by atoms with Crippen molar-refractivity contribution < 1.29 is 5.11 Å². The van der Waals surface area contributed by atoms with Crippen LogP contribution in [0.15, 0.2) is 12.7 Å². The van der Waals surface area contributed by atoms with Crippen molar-refractivity contribution >= 4 is 0 Å². The minimum atomic E-state index is -0.354. The van der Waals surface area contributed by atoms with Crippen molar-refractivity contribution in [3.63, 3.8) is 0 Å². The molecule has 1 heterocycles. The molecule has 76 valence electrons. The van der Waals surface area contributed by atoms with Crippen LogP contribution in [-0.2, 0) is 0 Å². The molecule has 2 atom stereocenters. The number of hydrogen-bond acceptors (Lipinski definition) is 2. The van der Waals surface area contributed by atoms with Gasteiger partial charge in [-0.1, -0.05) is 19.9 Å². The van der Waals surface area contributed by atoms with Gasteiger partial charge in [-0.3, -0.25) is 0 Å². The Labute approximate surface area is 82.0 Å². The highest BCUT2D eigenvalue weighted by molar-refractivity contribution is 4.91. The van der Waals surface area contributed by atoms with E-state index in [1.165, 1.54) is 6.42 Å². The first-order valence-corrected chi connectivity index (χ1v) is 4.72. The first-order chi connectivity index (χ1) is 6.34. The second-order valence-corrected chi connectivity index (χ2v) is 2.43. The number of terminal acetylenes is 1. The summed E-state index contributed by atoms with van der Waals surface area (Å²) in [5.41, 5.74) is 0. The van der Waals surface area contributed by atoms with Crippen LogP contribution >= 0.6 is 0 Å². The highest BCUT2D eigenvalue weighted by atomic mass is 16.3. The zero-order valence-electron chi connectivity index (χ0n) is 8.66. The summed E-state index contributed by atoms with van der Waals surface area (Å²) in [4.78, 5) is 0. The molecule has 2 unspecified atom stereocenters. The number of aliphatic hydroxyl groups is 1. The smallest absolute Gasteiger partial charge is 0.0871 e. The predicted molar refractivity (Wildman–Crippen MR) is 58.5 cm³/mol. The fraction of sp³-hybridized carbons (Fsp3) is 0.636. The summed E-state index contributed by atoms with van der Waals surface area (Å²) in [6.45, 7) is 8.55. The van der Waals surface area contributed by atoms with E-state index in [9.17, 15) is 5.11 Å². The van der Waals surface area contributed by atoms with Gasteiger partial charge in [0.1, 0.15) is 0 Å². The van der Waals surface area contributed by atoms with Gasteiger partial charge in [0.25, 0.3) is 0 Å². The van der Waals surface area contributed by atoms with Crippen LogP contribution < -0.4 is 5.32 Å². The van der Waals surface area contributed by atoms with Crippen LogP contribution in [0.3, 0.4) is 0 Å². The molecule has 1 rings (SSSR count). The van der Waals surface area contributed by atoms with E-state index in [0.29, 0.717) is 0 Å². The predicted octanol–water partition coefficient (Wildman–Crippen LogP) is 1.56. The van der Waals surface area contributed by atoms with Gasteiger partial charge in [-0.2, -0.15) is 0 Å². The van der Waals surface area contributed by atoms with Crippen LogP contribution in [0.5, 0.6) is 0 Å². The molecule has 1 fully saturated rings. The molecule has 0 aromatic heterocycles. The summed E-state index contributed by atoms with van der Waals surface area (Å²) in [5, 5.41) is 12.4. The number of nitrogens with one attached hydrogen (secondary N) is 1. The highest BCUT2D eigenvalue weighted by Gasteiger charge is 2.19. The third-order valence-corrected chi connectivity index (χ3v) is 1.75. The maximum Gasteiger partial charge on any atom is 0.0871 e. The molecule has 2 nitrogen and oxygen atoms in total. The van der Waals surface area contributed by atoms with Gasteiger partial charge in [-0.25, -0.2) is 0 Å². The molecule has 0 spiro atoms. The lowest BCUT2D eigenvalue weighted by Gasteiger charge is -2.12. The topological polar surface area (TPSA) is 32.3 Å². The van der Waals surface area contributed by atoms with Gasteiger partial charge in [0.05, 0.1) is 6.10 Å². The lowest BCUT2D eigenvalue weighted by molar-refractivity contribution is 0.182. The summed E-state index contributed by atoms with van der Waals surface area (Å²) in [6, 6.07) is 0.266. The number of aliphatic hydroxyl groups excluding tert-OH is 1. The maximum atomic E-state index is 9.18. The molecular formula is C11H21NO. The fourth-order valence-electron chi connectivity index (χ4n) is 1.17. The molecule has 0 aromatic carbocycles. The Balaban J connectivity index is 0. The lowest BCUT2D eigenvalue weighted by atomic mass is 10.1. The van der Waals surface area contributed by atoms with Crippen LogP contribution in [0.25, 0.3) is 0 Å². The van der Waals surface area contributed by atoms with Gasteiger partial charge in [-0.05, 0) is 19.4 Å². The molecule has 13 heavy (non-hydrogen) atoms.